The molecule has 0 amide bonds. The molecule has 0 bridgehead atoms. The second-order valence-corrected chi connectivity index (χ2v) is 10.1. The van der Waals surface area contributed by atoms with Gasteiger partial charge in [-0.25, -0.2) is 8.42 Å². The fourth-order valence-corrected chi connectivity index (χ4v) is 4.65. The molecule has 0 spiro atoms. The molecule has 0 radical (unpaired) electrons. The van der Waals surface area contributed by atoms with Crippen LogP contribution in [-0.2, 0) is 9.05 Å². The Bertz CT molecular complexity index is 1390. The average molecular weight is 522 g/mol. The Morgan fingerprint density at radius 1 is 0.968 bits per heavy atom. The van der Waals surface area contributed by atoms with Crippen LogP contribution in [0.1, 0.15) is 31.8 Å². The lowest BCUT2D eigenvalue weighted by Crippen LogP contribution is -2.24. The highest BCUT2D eigenvalue weighted by atomic mass is 79.9. The average Bonchev–Trinajstić information content (AvgIpc) is 2.74. The van der Waals surface area contributed by atoms with Gasteiger partial charge in [0, 0.05) is 32.3 Å². The Hall–Kier alpha value is -2.88. The Kier molecular flexibility index (Phi) is 5.28. The molecule has 3 aromatic carbocycles. The van der Waals surface area contributed by atoms with Crippen LogP contribution in [-0.4, -0.2) is 27.1 Å². The summed E-state index contributed by atoms with van der Waals surface area (Å²) in [4.78, 5) is 26.3. The summed E-state index contributed by atoms with van der Waals surface area (Å²) in [6.45, 7) is 0. The van der Waals surface area contributed by atoms with Crippen molar-refractivity contribution in [3.63, 3.8) is 0 Å². The van der Waals surface area contributed by atoms with Gasteiger partial charge in [-0.2, -0.15) is 0 Å². The molecule has 0 unspecified atom stereocenters. The number of methoxy groups -OCH3 is 1. The second-order valence-electron chi connectivity index (χ2n) is 6.70. The van der Waals surface area contributed by atoms with Crippen LogP contribution in [0.5, 0.6) is 5.75 Å². The van der Waals surface area contributed by atoms with E-state index in [1.54, 1.807) is 30.3 Å². The zero-order valence-corrected chi connectivity index (χ0v) is 19.1. The monoisotopic (exact) mass is 520 g/mol. The fourth-order valence-electron chi connectivity index (χ4n) is 3.46. The van der Waals surface area contributed by atoms with Crippen LogP contribution < -0.4 is 15.8 Å². The third kappa shape index (κ3) is 3.58. The topological polar surface area (TPSA) is 116 Å². The van der Waals surface area contributed by atoms with Crippen molar-refractivity contribution in [1.29, 1.82) is 0 Å². The fraction of sp³-hybridized carbons (Fsp3) is 0.0476. The van der Waals surface area contributed by atoms with Gasteiger partial charge in [0.25, 0.3) is 9.05 Å². The number of halogens is 2. The highest BCUT2D eigenvalue weighted by molar-refractivity contribution is 9.10. The zero-order chi connectivity index (χ0) is 22.5. The first kappa shape index (κ1) is 21.4. The minimum Gasteiger partial charge on any atom is -0.495 e. The Balaban J connectivity index is 1.90. The van der Waals surface area contributed by atoms with Crippen molar-refractivity contribution in [3.05, 3.63) is 75.3 Å². The molecule has 0 aliphatic heterocycles. The molecule has 0 saturated heterocycles. The number of fused-ring (bicyclic) bond motifs is 2. The summed E-state index contributed by atoms with van der Waals surface area (Å²) < 4.78 is 29.0. The van der Waals surface area contributed by atoms with Gasteiger partial charge in [0.05, 0.1) is 40.2 Å². The molecule has 31 heavy (non-hydrogen) atoms. The summed E-state index contributed by atoms with van der Waals surface area (Å²) >= 11 is 3.34. The summed E-state index contributed by atoms with van der Waals surface area (Å²) in [5.41, 5.74) is 7.76. The normalized spacial score (nSPS) is 12.9. The molecule has 7 nitrogen and oxygen atoms in total. The number of nitrogens with two attached hydrogens (primary N) is 1. The van der Waals surface area contributed by atoms with E-state index in [1.165, 1.54) is 25.3 Å². The number of benzene rings is 3. The number of rotatable bonds is 4. The van der Waals surface area contributed by atoms with Gasteiger partial charge >= 0.3 is 0 Å². The number of anilines is 3. The number of carbonyl (C=O) groups excluding carboxylic acids is 2. The lowest BCUT2D eigenvalue weighted by Gasteiger charge is -2.23. The Labute approximate surface area is 190 Å². The number of carbonyl (C=O) groups is 2. The molecule has 10 heteroatoms. The number of hydrogen-bond donors (Lipinski definition) is 2. The predicted molar refractivity (Wildman–Crippen MR) is 121 cm³/mol. The number of hydrogen-bond acceptors (Lipinski definition) is 7. The summed E-state index contributed by atoms with van der Waals surface area (Å²) in [5.74, 6) is -0.535. The number of nitrogen functional groups attached to an aromatic ring is 1. The molecule has 1 aliphatic carbocycles. The largest absolute Gasteiger partial charge is 0.495 e. The van der Waals surface area contributed by atoms with E-state index in [4.69, 9.17) is 21.2 Å². The number of nitrogens with one attached hydrogen (secondary N) is 1. The van der Waals surface area contributed by atoms with Gasteiger partial charge < -0.3 is 15.8 Å². The van der Waals surface area contributed by atoms with Crippen molar-refractivity contribution in [2.24, 2.45) is 0 Å². The van der Waals surface area contributed by atoms with Crippen LogP contribution in [0.15, 0.2) is 57.9 Å². The van der Waals surface area contributed by atoms with Gasteiger partial charge in [-0.1, -0.05) is 24.3 Å². The van der Waals surface area contributed by atoms with Crippen molar-refractivity contribution in [2.75, 3.05) is 18.2 Å². The van der Waals surface area contributed by atoms with Crippen molar-refractivity contribution in [2.45, 2.75) is 4.90 Å². The maximum Gasteiger partial charge on any atom is 0.261 e. The quantitative estimate of drug-likeness (QED) is 0.300. The summed E-state index contributed by atoms with van der Waals surface area (Å²) in [6, 6.07) is 12.1. The third-order valence-electron chi connectivity index (χ3n) is 4.91. The van der Waals surface area contributed by atoms with Crippen LogP contribution in [0.4, 0.5) is 17.1 Å². The van der Waals surface area contributed by atoms with Crippen LogP contribution >= 0.6 is 26.6 Å². The number of ketones is 2. The Morgan fingerprint density at radius 2 is 1.58 bits per heavy atom. The van der Waals surface area contributed by atoms with Crippen molar-refractivity contribution >= 4 is 64.3 Å². The smallest absolute Gasteiger partial charge is 0.261 e. The highest BCUT2D eigenvalue weighted by Crippen LogP contribution is 2.41. The molecule has 3 aromatic rings. The first-order chi connectivity index (χ1) is 14.6. The summed E-state index contributed by atoms with van der Waals surface area (Å²) in [7, 11) is 2.82. The zero-order valence-electron chi connectivity index (χ0n) is 15.9. The van der Waals surface area contributed by atoms with E-state index in [1.807, 2.05) is 0 Å². The maximum absolute atomic E-state index is 13.3. The van der Waals surface area contributed by atoms with E-state index in [0.717, 1.165) is 0 Å². The van der Waals surface area contributed by atoms with Gasteiger partial charge in [0.1, 0.15) is 5.75 Å². The molecule has 4 rings (SSSR count). The highest BCUT2D eigenvalue weighted by Gasteiger charge is 2.34. The molecular formula is C21H14BrClN2O5S. The molecule has 0 aromatic heterocycles. The van der Waals surface area contributed by atoms with Gasteiger partial charge in [-0.3, -0.25) is 9.59 Å². The number of ether oxygens (including phenoxy) is 1. The lowest BCUT2D eigenvalue weighted by atomic mass is 9.82. The molecule has 0 saturated carbocycles. The van der Waals surface area contributed by atoms with Crippen molar-refractivity contribution < 1.29 is 22.7 Å². The minimum atomic E-state index is -3.96. The van der Waals surface area contributed by atoms with E-state index in [2.05, 4.69) is 21.2 Å². The van der Waals surface area contributed by atoms with Crippen molar-refractivity contribution in [3.8, 4) is 5.75 Å². The van der Waals surface area contributed by atoms with Crippen molar-refractivity contribution in [1.82, 2.24) is 0 Å². The molecule has 0 heterocycles. The molecule has 0 atom stereocenters. The van der Waals surface area contributed by atoms with E-state index < -0.39 is 9.05 Å². The molecule has 1 aliphatic rings. The van der Waals surface area contributed by atoms with E-state index >= 15 is 0 Å². The van der Waals surface area contributed by atoms with Gasteiger partial charge in [-0.15, -0.1) is 0 Å². The Morgan fingerprint density at radius 3 is 2.16 bits per heavy atom. The summed E-state index contributed by atoms with van der Waals surface area (Å²) in [5, 5.41) is 3.06. The maximum atomic E-state index is 13.3. The summed E-state index contributed by atoms with van der Waals surface area (Å²) in [6.07, 6.45) is 0. The van der Waals surface area contributed by atoms with Gasteiger partial charge in [-0.05, 0) is 34.1 Å². The van der Waals surface area contributed by atoms with Crippen LogP contribution in [0, 0.1) is 0 Å². The molecule has 0 fully saturated rings. The standard InChI is InChI=1S/C21H14BrClN2O5S/c1-30-16-8-10(31(23,28)29)6-7-14(16)25-15-9-13(22)19(24)18-17(15)20(26)11-4-2-3-5-12(11)21(18)27/h2-9,25H,24H2,1H3. The molecule has 3 N–H and O–H groups in total. The first-order valence-corrected chi connectivity index (χ1v) is 11.9. The minimum absolute atomic E-state index is 0.0968. The van der Waals surface area contributed by atoms with Gasteiger partial charge in [0.15, 0.2) is 11.6 Å². The van der Waals surface area contributed by atoms with Crippen LogP contribution in [0.2, 0.25) is 0 Å². The molecular weight excluding hydrogens is 508 g/mol. The van der Waals surface area contributed by atoms with E-state index in [-0.39, 0.29) is 50.2 Å². The van der Waals surface area contributed by atoms with E-state index in [9.17, 15) is 18.0 Å². The third-order valence-corrected chi connectivity index (χ3v) is 6.92. The van der Waals surface area contributed by atoms with Crippen LogP contribution in [0.25, 0.3) is 0 Å². The second kappa shape index (κ2) is 7.67. The lowest BCUT2D eigenvalue weighted by molar-refractivity contribution is 0.0980. The van der Waals surface area contributed by atoms with Crippen LogP contribution in [0.3, 0.4) is 0 Å². The van der Waals surface area contributed by atoms with Gasteiger partial charge in [0.2, 0.25) is 0 Å². The molecule has 158 valence electrons. The SMILES string of the molecule is COc1cc(S(=O)(=O)Cl)ccc1Nc1cc(Br)c(N)c2c1C(=O)c1ccccc1C2=O. The first-order valence-electron chi connectivity index (χ1n) is 8.83. The predicted octanol–water partition coefficient (Wildman–Crippen LogP) is 4.49. The van der Waals surface area contributed by atoms with E-state index in [0.29, 0.717) is 15.8 Å².